The van der Waals surface area contributed by atoms with Crippen molar-refractivity contribution in [3.05, 3.63) is 23.2 Å². The number of hydrogen-bond acceptors (Lipinski definition) is 3. The fraction of sp³-hybridized carbons (Fsp3) is 0.538. The highest BCUT2D eigenvalue weighted by molar-refractivity contribution is 6.30. The van der Waals surface area contributed by atoms with Crippen molar-refractivity contribution in [1.29, 1.82) is 0 Å². The first kappa shape index (κ1) is 12.5. The summed E-state index contributed by atoms with van der Waals surface area (Å²) in [4.78, 5) is 0. The molecule has 0 aliphatic carbocycles. The van der Waals surface area contributed by atoms with E-state index in [9.17, 15) is 0 Å². The lowest BCUT2D eigenvalue weighted by Crippen LogP contribution is -2.29. The van der Waals surface area contributed by atoms with Crippen LogP contribution in [0.5, 0.6) is 5.75 Å². The first-order valence-corrected chi connectivity index (χ1v) is 6.57. The molecule has 1 fully saturated rings. The Balaban J connectivity index is 1.99. The Bertz CT molecular complexity index is 364. The molecule has 1 aliphatic heterocycles. The van der Waals surface area contributed by atoms with Crippen LogP contribution in [0.1, 0.15) is 19.8 Å². The third kappa shape index (κ3) is 3.51. The van der Waals surface area contributed by atoms with Gasteiger partial charge in [0.25, 0.3) is 0 Å². The monoisotopic (exact) mass is 254 g/mol. The molecule has 0 aromatic heterocycles. The van der Waals surface area contributed by atoms with Crippen LogP contribution in [-0.4, -0.2) is 25.7 Å². The van der Waals surface area contributed by atoms with E-state index in [2.05, 4.69) is 10.6 Å². The van der Waals surface area contributed by atoms with Gasteiger partial charge in [0.05, 0.1) is 12.3 Å². The average Bonchev–Trinajstić information content (AvgIpc) is 2.82. The molecule has 1 heterocycles. The van der Waals surface area contributed by atoms with Gasteiger partial charge in [0.2, 0.25) is 0 Å². The number of hydrogen-bond donors (Lipinski definition) is 2. The van der Waals surface area contributed by atoms with Crippen LogP contribution in [0.4, 0.5) is 5.69 Å². The molecule has 1 saturated heterocycles. The molecule has 0 spiro atoms. The van der Waals surface area contributed by atoms with Crippen LogP contribution < -0.4 is 15.4 Å². The van der Waals surface area contributed by atoms with Crippen molar-refractivity contribution in [2.45, 2.75) is 25.8 Å². The number of nitrogens with one attached hydrogen (secondary N) is 2. The lowest BCUT2D eigenvalue weighted by atomic mass is 10.2. The fourth-order valence-corrected chi connectivity index (χ4v) is 2.26. The highest BCUT2D eigenvalue weighted by atomic mass is 35.5. The third-order valence-electron chi connectivity index (χ3n) is 2.94. The van der Waals surface area contributed by atoms with Crippen LogP contribution in [0.2, 0.25) is 5.02 Å². The number of halogens is 1. The van der Waals surface area contributed by atoms with Crippen molar-refractivity contribution in [2.24, 2.45) is 0 Å². The van der Waals surface area contributed by atoms with Gasteiger partial charge in [-0.1, -0.05) is 11.6 Å². The molecule has 17 heavy (non-hydrogen) atoms. The highest BCUT2D eigenvalue weighted by Gasteiger charge is 2.14. The number of benzene rings is 1. The highest BCUT2D eigenvalue weighted by Crippen LogP contribution is 2.28. The molecule has 1 aromatic rings. The van der Waals surface area contributed by atoms with Crippen LogP contribution in [0.15, 0.2) is 18.2 Å². The maximum Gasteiger partial charge on any atom is 0.142 e. The summed E-state index contributed by atoms with van der Waals surface area (Å²) < 4.78 is 5.57. The standard InChI is InChI=1S/C13H19ClN2O/c1-2-17-13-6-5-10(14)8-12(13)16-9-11-4-3-7-15-11/h5-6,8,11,15-16H,2-4,7,9H2,1H3. The summed E-state index contributed by atoms with van der Waals surface area (Å²) in [6.45, 7) is 4.69. The Morgan fingerprint density at radius 3 is 3.12 bits per heavy atom. The Morgan fingerprint density at radius 2 is 2.41 bits per heavy atom. The van der Waals surface area contributed by atoms with Gasteiger partial charge in [0.15, 0.2) is 0 Å². The van der Waals surface area contributed by atoms with Crippen molar-refractivity contribution in [2.75, 3.05) is 25.0 Å². The van der Waals surface area contributed by atoms with E-state index in [1.807, 2.05) is 25.1 Å². The molecule has 1 aliphatic rings. The predicted molar refractivity (Wildman–Crippen MR) is 72.1 cm³/mol. The second kappa shape index (κ2) is 6.12. The maximum atomic E-state index is 6.00. The SMILES string of the molecule is CCOc1ccc(Cl)cc1NCC1CCCN1. The van der Waals surface area contributed by atoms with Crippen LogP contribution in [0.3, 0.4) is 0 Å². The molecule has 94 valence electrons. The zero-order chi connectivity index (χ0) is 12.1. The summed E-state index contributed by atoms with van der Waals surface area (Å²) in [6.07, 6.45) is 2.50. The molecule has 1 aromatic carbocycles. The van der Waals surface area contributed by atoms with Crippen LogP contribution >= 0.6 is 11.6 Å². The minimum atomic E-state index is 0.559. The van der Waals surface area contributed by atoms with E-state index in [1.165, 1.54) is 12.8 Å². The van der Waals surface area contributed by atoms with E-state index in [1.54, 1.807) is 0 Å². The van der Waals surface area contributed by atoms with Gasteiger partial charge in [-0.3, -0.25) is 0 Å². The van der Waals surface area contributed by atoms with E-state index in [4.69, 9.17) is 16.3 Å². The average molecular weight is 255 g/mol. The van der Waals surface area contributed by atoms with Gasteiger partial charge in [-0.15, -0.1) is 0 Å². The summed E-state index contributed by atoms with van der Waals surface area (Å²) in [5.41, 5.74) is 0.980. The maximum absolute atomic E-state index is 6.00. The molecule has 1 unspecified atom stereocenters. The molecular formula is C13H19ClN2O. The number of ether oxygens (including phenoxy) is 1. The molecule has 0 bridgehead atoms. The lowest BCUT2D eigenvalue weighted by molar-refractivity contribution is 0.341. The van der Waals surface area contributed by atoms with Gasteiger partial charge in [0, 0.05) is 17.6 Å². The Morgan fingerprint density at radius 1 is 1.53 bits per heavy atom. The zero-order valence-corrected chi connectivity index (χ0v) is 10.9. The summed E-state index contributed by atoms with van der Waals surface area (Å²) in [7, 11) is 0. The molecule has 0 amide bonds. The molecule has 3 nitrogen and oxygen atoms in total. The summed E-state index contributed by atoms with van der Waals surface area (Å²) in [5, 5.41) is 7.60. The minimum absolute atomic E-state index is 0.559. The summed E-state index contributed by atoms with van der Waals surface area (Å²) in [6, 6.07) is 6.24. The van der Waals surface area contributed by atoms with E-state index >= 15 is 0 Å². The molecule has 4 heteroatoms. The van der Waals surface area contributed by atoms with Gasteiger partial charge in [0.1, 0.15) is 5.75 Å². The first-order chi connectivity index (χ1) is 8.29. The first-order valence-electron chi connectivity index (χ1n) is 6.19. The largest absolute Gasteiger partial charge is 0.492 e. The number of rotatable bonds is 5. The predicted octanol–water partition coefficient (Wildman–Crippen LogP) is 2.90. The normalized spacial score (nSPS) is 19.3. The van der Waals surface area contributed by atoms with Crippen molar-refractivity contribution < 1.29 is 4.74 Å². The molecule has 1 atom stereocenters. The zero-order valence-electron chi connectivity index (χ0n) is 10.1. The van der Waals surface area contributed by atoms with Gasteiger partial charge in [-0.05, 0) is 44.5 Å². The van der Waals surface area contributed by atoms with Gasteiger partial charge < -0.3 is 15.4 Å². The van der Waals surface area contributed by atoms with E-state index < -0.39 is 0 Å². The van der Waals surface area contributed by atoms with Crippen molar-refractivity contribution in [3.63, 3.8) is 0 Å². The molecule has 2 N–H and O–H groups in total. The lowest BCUT2D eigenvalue weighted by Gasteiger charge is -2.16. The molecule has 0 radical (unpaired) electrons. The fourth-order valence-electron chi connectivity index (χ4n) is 2.09. The molecule has 2 rings (SSSR count). The summed E-state index contributed by atoms with van der Waals surface area (Å²) in [5.74, 6) is 0.870. The van der Waals surface area contributed by atoms with Gasteiger partial charge in [-0.2, -0.15) is 0 Å². The van der Waals surface area contributed by atoms with Crippen LogP contribution in [0.25, 0.3) is 0 Å². The Labute approximate surface area is 107 Å². The van der Waals surface area contributed by atoms with Crippen LogP contribution in [0, 0.1) is 0 Å². The van der Waals surface area contributed by atoms with Gasteiger partial charge >= 0.3 is 0 Å². The number of anilines is 1. The van der Waals surface area contributed by atoms with Crippen LogP contribution in [-0.2, 0) is 0 Å². The third-order valence-corrected chi connectivity index (χ3v) is 3.18. The Kier molecular flexibility index (Phi) is 4.51. The van der Waals surface area contributed by atoms with E-state index in [-0.39, 0.29) is 0 Å². The van der Waals surface area contributed by atoms with Gasteiger partial charge in [-0.25, -0.2) is 0 Å². The minimum Gasteiger partial charge on any atom is -0.492 e. The second-order valence-corrected chi connectivity index (χ2v) is 4.68. The van der Waals surface area contributed by atoms with Crippen molar-refractivity contribution in [3.8, 4) is 5.75 Å². The molecule has 0 saturated carbocycles. The topological polar surface area (TPSA) is 33.3 Å². The summed E-state index contributed by atoms with van der Waals surface area (Å²) >= 11 is 6.00. The smallest absolute Gasteiger partial charge is 0.142 e. The van der Waals surface area contributed by atoms with E-state index in [0.29, 0.717) is 12.6 Å². The second-order valence-electron chi connectivity index (χ2n) is 4.25. The Hall–Kier alpha value is -0.930. The van der Waals surface area contributed by atoms with E-state index in [0.717, 1.165) is 29.5 Å². The molecular weight excluding hydrogens is 236 g/mol. The van der Waals surface area contributed by atoms with Crippen molar-refractivity contribution >= 4 is 17.3 Å². The van der Waals surface area contributed by atoms with Crippen molar-refractivity contribution in [1.82, 2.24) is 5.32 Å². The quantitative estimate of drug-likeness (QED) is 0.848.